The molecular formula is C16H20FN5O2. The Kier molecular flexibility index (Phi) is 4.77. The molecule has 3 rings (SSSR count). The van der Waals surface area contributed by atoms with Crippen LogP contribution in [0.1, 0.15) is 6.42 Å². The van der Waals surface area contributed by atoms with E-state index in [0.717, 1.165) is 0 Å². The van der Waals surface area contributed by atoms with Gasteiger partial charge in [0.1, 0.15) is 18.0 Å². The molecule has 0 radical (unpaired) electrons. The quantitative estimate of drug-likeness (QED) is 0.758. The Bertz CT molecular complexity index is 715. The van der Waals surface area contributed by atoms with Crippen LogP contribution in [-0.2, 0) is 0 Å². The molecule has 24 heavy (non-hydrogen) atoms. The Balaban J connectivity index is 1.81. The van der Waals surface area contributed by atoms with E-state index in [9.17, 15) is 9.50 Å². The van der Waals surface area contributed by atoms with Crippen LogP contribution in [-0.4, -0.2) is 47.4 Å². The van der Waals surface area contributed by atoms with Crippen LogP contribution in [0, 0.1) is 5.82 Å². The van der Waals surface area contributed by atoms with Crippen molar-refractivity contribution in [3.8, 4) is 5.75 Å². The van der Waals surface area contributed by atoms with Gasteiger partial charge in [-0.2, -0.15) is 0 Å². The Morgan fingerprint density at radius 1 is 1.42 bits per heavy atom. The first-order valence-corrected chi connectivity index (χ1v) is 7.68. The minimum atomic E-state index is -0.428. The van der Waals surface area contributed by atoms with E-state index in [2.05, 4.69) is 15.3 Å². The zero-order chi connectivity index (χ0) is 17.1. The van der Waals surface area contributed by atoms with E-state index in [1.807, 2.05) is 4.90 Å². The van der Waals surface area contributed by atoms with E-state index in [-0.39, 0.29) is 11.8 Å². The number of methoxy groups -OCH3 is 1. The average molecular weight is 333 g/mol. The third kappa shape index (κ3) is 3.39. The Hall–Kier alpha value is -2.45. The van der Waals surface area contributed by atoms with Gasteiger partial charge in [0.2, 0.25) is 0 Å². The van der Waals surface area contributed by atoms with E-state index in [1.165, 1.54) is 19.5 Å². The lowest BCUT2D eigenvalue weighted by Crippen LogP contribution is -2.36. The van der Waals surface area contributed by atoms with Gasteiger partial charge in [0.25, 0.3) is 0 Å². The van der Waals surface area contributed by atoms with Gasteiger partial charge in [-0.25, -0.2) is 14.4 Å². The number of hydrogen-bond donors (Lipinski definition) is 3. The van der Waals surface area contributed by atoms with E-state index in [1.54, 1.807) is 18.2 Å². The summed E-state index contributed by atoms with van der Waals surface area (Å²) in [5, 5.41) is 12.9. The molecular weight excluding hydrogens is 313 g/mol. The fourth-order valence-corrected chi connectivity index (χ4v) is 2.85. The van der Waals surface area contributed by atoms with Crippen LogP contribution in [0.25, 0.3) is 0 Å². The topological polar surface area (TPSA) is 96.5 Å². The SMILES string of the molecule is COc1cc(Nc2cc(N3C[C@H](O)C[C@@H]3CN)ncn2)ccc1F. The van der Waals surface area contributed by atoms with Gasteiger partial charge in [-0.1, -0.05) is 0 Å². The van der Waals surface area contributed by atoms with Crippen LogP contribution in [0.3, 0.4) is 0 Å². The highest BCUT2D eigenvalue weighted by atomic mass is 19.1. The monoisotopic (exact) mass is 333 g/mol. The Labute approximate surface area is 139 Å². The van der Waals surface area contributed by atoms with Crippen molar-refractivity contribution in [3.63, 3.8) is 0 Å². The van der Waals surface area contributed by atoms with Gasteiger partial charge in [-0.05, 0) is 18.6 Å². The van der Waals surface area contributed by atoms with Crippen molar-refractivity contribution in [3.05, 3.63) is 36.4 Å². The molecule has 0 aliphatic carbocycles. The first-order chi connectivity index (χ1) is 11.6. The van der Waals surface area contributed by atoms with Crippen molar-refractivity contribution < 1.29 is 14.2 Å². The molecule has 8 heteroatoms. The van der Waals surface area contributed by atoms with E-state index in [4.69, 9.17) is 10.5 Å². The summed E-state index contributed by atoms with van der Waals surface area (Å²) < 4.78 is 18.4. The minimum Gasteiger partial charge on any atom is -0.494 e. The maximum atomic E-state index is 13.5. The van der Waals surface area contributed by atoms with Crippen LogP contribution in [0.2, 0.25) is 0 Å². The molecule has 0 saturated carbocycles. The summed E-state index contributed by atoms with van der Waals surface area (Å²) in [5.41, 5.74) is 6.42. The summed E-state index contributed by atoms with van der Waals surface area (Å²) in [7, 11) is 1.41. The Morgan fingerprint density at radius 3 is 3.00 bits per heavy atom. The third-order valence-electron chi connectivity index (χ3n) is 4.03. The van der Waals surface area contributed by atoms with E-state index >= 15 is 0 Å². The summed E-state index contributed by atoms with van der Waals surface area (Å²) in [6.07, 6.45) is 1.65. The molecule has 0 spiro atoms. The normalized spacial score (nSPS) is 20.2. The molecule has 7 nitrogen and oxygen atoms in total. The second kappa shape index (κ2) is 6.98. The number of nitrogens with two attached hydrogens (primary N) is 1. The lowest BCUT2D eigenvalue weighted by atomic mass is 10.2. The average Bonchev–Trinajstić information content (AvgIpc) is 2.98. The predicted octanol–water partition coefficient (Wildman–Crippen LogP) is 1.27. The highest BCUT2D eigenvalue weighted by molar-refractivity contribution is 5.61. The standard InChI is InChI=1S/C16H20FN5O2/c1-24-14-4-10(2-3-13(14)17)21-15-6-16(20-9-19-15)22-8-12(23)5-11(22)7-18/h2-4,6,9,11-12,23H,5,7-8,18H2,1H3,(H,19,20,21)/t11-,12-/m1/s1. The number of aliphatic hydroxyl groups is 1. The van der Waals surface area contributed by atoms with E-state index < -0.39 is 11.9 Å². The zero-order valence-electron chi connectivity index (χ0n) is 13.3. The number of anilines is 3. The number of halogens is 1. The van der Waals surface area contributed by atoms with Crippen LogP contribution in [0.15, 0.2) is 30.6 Å². The highest BCUT2D eigenvalue weighted by Gasteiger charge is 2.30. The lowest BCUT2D eigenvalue weighted by molar-refractivity contribution is 0.194. The molecule has 128 valence electrons. The van der Waals surface area contributed by atoms with Gasteiger partial charge >= 0.3 is 0 Å². The molecule has 1 fully saturated rings. The van der Waals surface area contributed by atoms with Crippen LogP contribution < -0.4 is 20.7 Å². The van der Waals surface area contributed by atoms with Crippen molar-refractivity contribution in [2.45, 2.75) is 18.6 Å². The van der Waals surface area contributed by atoms with Crippen molar-refractivity contribution in [1.82, 2.24) is 9.97 Å². The molecule has 1 aromatic carbocycles. The largest absolute Gasteiger partial charge is 0.494 e. The number of nitrogens with one attached hydrogen (secondary N) is 1. The van der Waals surface area contributed by atoms with Crippen molar-refractivity contribution >= 4 is 17.3 Å². The van der Waals surface area contributed by atoms with Crippen molar-refractivity contribution in [2.24, 2.45) is 5.73 Å². The van der Waals surface area contributed by atoms with E-state index in [0.29, 0.717) is 36.8 Å². The first-order valence-electron chi connectivity index (χ1n) is 7.68. The molecule has 1 aromatic heterocycles. The second-order valence-corrected chi connectivity index (χ2v) is 5.67. The Morgan fingerprint density at radius 2 is 2.25 bits per heavy atom. The number of rotatable bonds is 5. The van der Waals surface area contributed by atoms with Crippen LogP contribution in [0.5, 0.6) is 5.75 Å². The number of hydrogen-bond acceptors (Lipinski definition) is 7. The second-order valence-electron chi connectivity index (χ2n) is 5.67. The molecule has 2 aromatic rings. The summed E-state index contributed by atoms with van der Waals surface area (Å²) in [4.78, 5) is 10.4. The number of β-amino-alcohol motifs (C(OH)–C–C–N with tert-alkyl or cyclic N) is 1. The fourth-order valence-electron chi connectivity index (χ4n) is 2.85. The van der Waals surface area contributed by atoms with Gasteiger partial charge < -0.3 is 25.8 Å². The number of nitrogens with zero attached hydrogens (tertiary/aromatic N) is 3. The molecule has 4 N–H and O–H groups in total. The van der Waals surface area contributed by atoms with Gasteiger partial charge in [0.05, 0.1) is 13.2 Å². The van der Waals surface area contributed by atoms with Gasteiger partial charge in [-0.3, -0.25) is 0 Å². The molecule has 0 unspecified atom stereocenters. The molecule has 0 bridgehead atoms. The van der Waals surface area contributed by atoms with Gasteiger partial charge in [0.15, 0.2) is 11.6 Å². The molecule has 2 atom stereocenters. The van der Waals surface area contributed by atoms with Crippen molar-refractivity contribution in [2.75, 3.05) is 30.4 Å². The minimum absolute atomic E-state index is 0.0497. The predicted molar refractivity (Wildman–Crippen MR) is 89.1 cm³/mol. The molecule has 1 aliphatic heterocycles. The number of ether oxygens (including phenoxy) is 1. The lowest BCUT2D eigenvalue weighted by Gasteiger charge is -2.24. The fraction of sp³-hybridized carbons (Fsp3) is 0.375. The zero-order valence-corrected chi connectivity index (χ0v) is 13.3. The molecule has 0 amide bonds. The summed E-state index contributed by atoms with van der Waals surface area (Å²) in [6.45, 7) is 0.932. The number of aromatic nitrogens is 2. The smallest absolute Gasteiger partial charge is 0.165 e. The van der Waals surface area contributed by atoms with Gasteiger partial charge in [-0.15, -0.1) is 0 Å². The van der Waals surface area contributed by atoms with Crippen molar-refractivity contribution in [1.29, 1.82) is 0 Å². The summed E-state index contributed by atoms with van der Waals surface area (Å²) in [6, 6.07) is 6.30. The number of aliphatic hydroxyl groups excluding tert-OH is 1. The maximum Gasteiger partial charge on any atom is 0.165 e. The molecule has 2 heterocycles. The molecule has 1 saturated heterocycles. The first kappa shape index (κ1) is 16.4. The highest BCUT2D eigenvalue weighted by Crippen LogP contribution is 2.27. The van der Waals surface area contributed by atoms with Crippen LogP contribution in [0.4, 0.5) is 21.7 Å². The summed E-state index contributed by atoms with van der Waals surface area (Å²) >= 11 is 0. The summed E-state index contributed by atoms with van der Waals surface area (Å²) in [5.74, 6) is 0.975. The maximum absolute atomic E-state index is 13.5. The molecule has 1 aliphatic rings. The number of benzene rings is 1. The van der Waals surface area contributed by atoms with Gasteiger partial charge in [0, 0.05) is 37.0 Å². The third-order valence-corrected chi connectivity index (χ3v) is 4.03. The van der Waals surface area contributed by atoms with Crippen LogP contribution >= 0.6 is 0 Å².